The molecule has 2 amide bonds. The van der Waals surface area contributed by atoms with Crippen molar-refractivity contribution in [1.82, 2.24) is 15.1 Å². The number of nitrogens with zero attached hydrogens (tertiary/aromatic N) is 3. The number of amides is 2. The number of rotatable bonds is 4. The molecule has 0 saturated carbocycles. The van der Waals surface area contributed by atoms with E-state index in [2.05, 4.69) is 15.5 Å². The summed E-state index contributed by atoms with van der Waals surface area (Å²) < 4.78 is 13.1. The number of hydrogen-bond acceptors (Lipinski definition) is 5. The summed E-state index contributed by atoms with van der Waals surface area (Å²) in [5.41, 5.74) is 2.37. The van der Waals surface area contributed by atoms with Gasteiger partial charge in [0.1, 0.15) is 16.9 Å². The second-order valence-corrected chi connectivity index (χ2v) is 7.91. The Bertz CT molecular complexity index is 1030. The highest BCUT2D eigenvalue weighted by molar-refractivity contribution is 7.18. The van der Waals surface area contributed by atoms with Crippen LogP contribution in [0.2, 0.25) is 0 Å². The largest absolute Gasteiger partial charge is 0.327 e. The summed E-state index contributed by atoms with van der Waals surface area (Å²) >= 11 is 1.21. The van der Waals surface area contributed by atoms with Crippen LogP contribution in [0.5, 0.6) is 0 Å². The Kier molecular flexibility index (Phi) is 5.35. The average Bonchev–Trinajstić information content (AvgIpc) is 3.38. The zero-order valence-electron chi connectivity index (χ0n) is 15.8. The Hall–Kier alpha value is -3.13. The third-order valence-electron chi connectivity index (χ3n) is 4.86. The van der Waals surface area contributed by atoms with Gasteiger partial charge in [-0.1, -0.05) is 29.0 Å². The van der Waals surface area contributed by atoms with Gasteiger partial charge < -0.3 is 4.90 Å². The van der Waals surface area contributed by atoms with E-state index in [1.54, 1.807) is 29.2 Å². The predicted octanol–water partition coefficient (Wildman–Crippen LogP) is 3.90. The van der Waals surface area contributed by atoms with Crippen LogP contribution in [0.4, 0.5) is 9.52 Å². The van der Waals surface area contributed by atoms with E-state index in [4.69, 9.17) is 0 Å². The third-order valence-corrected chi connectivity index (χ3v) is 5.75. The Balaban J connectivity index is 1.45. The third kappa shape index (κ3) is 4.17. The first-order chi connectivity index (χ1) is 14.0. The molecule has 1 aliphatic heterocycles. The van der Waals surface area contributed by atoms with Gasteiger partial charge in [-0.15, -0.1) is 10.2 Å². The lowest BCUT2D eigenvalue weighted by Gasteiger charge is -2.23. The van der Waals surface area contributed by atoms with Gasteiger partial charge in [0.2, 0.25) is 11.0 Å². The Morgan fingerprint density at radius 1 is 1.10 bits per heavy atom. The summed E-state index contributed by atoms with van der Waals surface area (Å²) in [6.07, 6.45) is 1.37. The van der Waals surface area contributed by atoms with E-state index in [1.165, 1.54) is 23.5 Å². The van der Waals surface area contributed by atoms with E-state index in [-0.39, 0.29) is 17.6 Å². The summed E-state index contributed by atoms with van der Waals surface area (Å²) in [5.74, 6) is -0.747. The fraction of sp³-hybridized carbons (Fsp3) is 0.238. The lowest BCUT2D eigenvalue weighted by molar-refractivity contribution is -0.119. The molecule has 0 bridgehead atoms. The minimum absolute atomic E-state index is 0.146. The van der Waals surface area contributed by atoms with Crippen LogP contribution in [0.15, 0.2) is 48.5 Å². The van der Waals surface area contributed by atoms with Gasteiger partial charge in [-0.3, -0.25) is 14.9 Å². The number of carbonyl (C=O) groups excluding carboxylic acids is 2. The molecule has 6 nitrogen and oxygen atoms in total. The fourth-order valence-corrected chi connectivity index (χ4v) is 4.07. The van der Waals surface area contributed by atoms with Crippen molar-refractivity contribution in [2.24, 2.45) is 0 Å². The molecule has 1 saturated heterocycles. The van der Waals surface area contributed by atoms with Gasteiger partial charge in [0, 0.05) is 17.7 Å². The van der Waals surface area contributed by atoms with Crippen molar-refractivity contribution in [2.45, 2.75) is 25.8 Å². The van der Waals surface area contributed by atoms with Crippen LogP contribution in [-0.2, 0) is 4.79 Å². The molecule has 29 heavy (non-hydrogen) atoms. The first-order valence-electron chi connectivity index (χ1n) is 9.29. The number of benzene rings is 2. The van der Waals surface area contributed by atoms with Crippen molar-refractivity contribution < 1.29 is 14.0 Å². The van der Waals surface area contributed by atoms with Gasteiger partial charge in [-0.2, -0.15) is 0 Å². The smallest absolute Gasteiger partial charge is 0.254 e. The summed E-state index contributed by atoms with van der Waals surface area (Å²) in [6.45, 7) is 2.50. The van der Waals surface area contributed by atoms with Crippen molar-refractivity contribution in [1.29, 1.82) is 0 Å². The quantitative estimate of drug-likeness (QED) is 0.708. The topological polar surface area (TPSA) is 75.2 Å². The second kappa shape index (κ2) is 8.08. The molecule has 0 unspecified atom stereocenters. The number of halogens is 1. The number of aromatic nitrogens is 2. The molecule has 0 radical (unpaired) electrons. The number of likely N-dealkylation sites (tertiary alicyclic amines) is 1. The number of anilines is 1. The standard InChI is InChI=1S/C21H19FN4O2S/c1-13-4-6-15(7-5-13)20(28)26-12-2-3-17(26)18(27)23-21-25-24-19(29-21)14-8-10-16(22)11-9-14/h4-11,17H,2-3,12H2,1H3,(H,23,25,27)/t17-/m1/s1. The van der Waals surface area contributed by atoms with Crippen LogP contribution < -0.4 is 5.32 Å². The zero-order valence-corrected chi connectivity index (χ0v) is 16.6. The zero-order chi connectivity index (χ0) is 20.4. The maximum Gasteiger partial charge on any atom is 0.254 e. The molecule has 1 aromatic heterocycles. The van der Waals surface area contributed by atoms with Crippen LogP contribution in [0, 0.1) is 12.7 Å². The summed E-state index contributed by atoms with van der Waals surface area (Å²) in [4.78, 5) is 27.2. The molecule has 4 rings (SSSR count). The van der Waals surface area contributed by atoms with E-state index >= 15 is 0 Å². The van der Waals surface area contributed by atoms with E-state index < -0.39 is 6.04 Å². The first-order valence-corrected chi connectivity index (χ1v) is 10.1. The molecule has 0 aliphatic carbocycles. The molecule has 3 aromatic rings. The van der Waals surface area contributed by atoms with Crippen molar-refractivity contribution in [3.63, 3.8) is 0 Å². The van der Waals surface area contributed by atoms with Crippen LogP contribution in [0.1, 0.15) is 28.8 Å². The Labute approximate surface area is 171 Å². The lowest BCUT2D eigenvalue weighted by Crippen LogP contribution is -2.43. The van der Waals surface area contributed by atoms with Gasteiger partial charge in [0.25, 0.3) is 5.91 Å². The molecule has 1 N–H and O–H groups in total. The van der Waals surface area contributed by atoms with Gasteiger partial charge in [-0.25, -0.2) is 4.39 Å². The average molecular weight is 410 g/mol. The van der Waals surface area contributed by atoms with Gasteiger partial charge in [-0.05, 0) is 56.2 Å². The number of aryl methyl sites for hydroxylation is 1. The Morgan fingerprint density at radius 2 is 1.83 bits per heavy atom. The van der Waals surface area contributed by atoms with Crippen molar-refractivity contribution in [3.05, 3.63) is 65.5 Å². The fourth-order valence-electron chi connectivity index (χ4n) is 3.32. The van der Waals surface area contributed by atoms with Crippen LogP contribution in [-0.4, -0.2) is 39.5 Å². The predicted molar refractivity (Wildman–Crippen MR) is 109 cm³/mol. The number of carbonyl (C=O) groups is 2. The molecule has 1 fully saturated rings. The molecule has 148 valence electrons. The minimum atomic E-state index is -0.540. The molecule has 1 atom stereocenters. The van der Waals surface area contributed by atoms with Crippen molar-refractivity contribution in [3.8, 4) is 10.6 Å². The lowest BCUT2D eigenvalue weighted by atomic mass is 10.1. The van der Waals surface area contributed by atoms with E-state index in [1.807, 2.05) is 19.1 Å². The highest BCUT2D eigenvalue weighted by atomic mass is 32.1. The highest BCUT2D eigenvalue weighted by Crippen LogP contribution is 2.28. The molecule has 2 aromatic carbocycles. The summed E-state index contributed by atoms with van der Waals surface area (Å²) in [7, 11) is 0. The van der Waals surface area contributed by atoms with Crippen LogP contribution >= 0.6 is 11.3 Å². The molecule has 1 aliphatic rings. The van der Waals surface area contributed by atoms with Gasteiger partial charge >= 0.3 is 0 Å². The molecule has 8 heteroatoms. The first kappa shape index (κ1) is 19.2. The van der Waals surface area contributed by atoms with E-state index in [0.717, 1.165) is 17.5 Å². The summed E-state index contributed by atoms with van der Waals surface area (Å²) in [6, 6.07) is 12.7. The van der Waals surface area contributed by atoms with Crippen molar-refractivity contribution in [2.75, 3.05) is 11.9 Å². The highest BCUT2D eigenvalue weighted by Gasteiger charge is 2.35. The van der Waals surface area contributed by atoms with Crippen LogP contribution in [0.3, 0.4) is 0 Å². The van der Waals surface area contributed by atoms with E-state index in [9.17, 15) is 14.0 Å². The van der Waals surface area contributed by atoms with Gasteiger partial charge in [0.05, 0.1) is 0 Å². The molecule has 2 heterocycles. The SMILES string of the molecule is Cc1ccc(C(=O)N2CCC[C@@H]2C(=O)Nc2nnc(-c3ccc(F)cc3)s2)cc1. The number of nitrogens with one attached hydrogen (secondary N) is 1. The monoisotopic (exact) mass is 410 g/mol. The van der Waals surface area contributed by atoms with E-state index in [0.29, 0.717) is 28.7 Å². The van der Waals surface area contributed by atoms with Crippen LogP contribution in [0.25, 0.3) is 10.6 Å². The maximum atomic E-state index is 13.1. The van der Waals surface area contributed by atoms with Gasteiger partial charge in [0.15, 0.2) is 0 Å². The normalized spacial score (nSPS) is 16.1. The van der Waals surface area contributed by atoms with Crippen molar-refractivity contribution >= 4 is 28.3 Å². The molecular formula is C21H19FN4O2S. The maximum absolute atomic E-state index is 13.1. The Morgan fingerprint density at radius 3 is 2.55 bits per heavy atom. The summed E-state index contributed by atoms with van der Waals surface area (Å²) in [5, 5.41) is 11.8. The molecule has 0 spiro atoms. The second-order valence-electron chi connectivity index (χ2n) is 6.93. The number of hydrogen-bond donors (Lipinski definition) is 1. The minimum Gasteiger partial charge on any atom is -0.327 e. The molecular weight excluding hydrogens is 391 g/mol.